The Bertz CT molecular complexity index is 593. The number of benzene rings is 1. The third kappa shape index (κ3) is 6.29. The van der Waals surface area contributed by atoms with Crippen LogP contribution in [0.25, 0.3) is 0 Å². The maximum atomic E-state index is 12.2. The first-order valence-corrected chi connectivity index (χ1v) is 8.91. The van der Waals surface area contributed by atoms with Crippen LogP contribution in [-0.2, 0) is 9.53 Å². The van der Waals surface area contributed by atoms with Gasteiger partial charge in [0.15, 0.2) is 0 Å². The van der Waals surface area contributed by atoms with Crippen LogP contribution in [-0.4, -0.2) is 41.6 Å². The fourth-order valence-electron chi connectivity index (χ4n) is 2.72. The summed E-state index contributed by atoms with van der Waals surface area (Å²) in [5, 5.41) is 6.29. The molecular formula is C19H29N3O3. The molecule has 0 bridgehead atoms. The Morgan fingerprint density at radius 3 is 2.44 bits per heavy atom. The molecule has 1 aromatic carbocycles. The summed E-state index contributed by atoms with van der Waals surface area (Å²) in [5.41, 5.74) is 1.29. The largest absolute Gasteiger partial charge is 0.444 e. The first-order chi connectivity index (χ1) is 11.8. The van der Waals surface area contributed by atoms with Crippen molar-refractivity contribution in [3.8, 4) is 0 Å². The quantitative estimate of drug-likeness (QED) is 0.868. The highest BCUT2D eigenvalue weighted by Crippen LogP contribution is 2.20. The minimum Gasteiger partial charge on any atom is -0.444 e. The number of nitrogens with zero attached hydrogens (tertiary/aromatic N) is 1. The van der Waals surface area contributed by atoms with Crippen LogP contribution in [0.2, 0.25) is 0 Å². The van der Waals surface area contributed by atoms with Crippen molar-refractivity contribution in [1.29, 1.82) is 0 Å². The molecule has 0 radical (unpaired) electrons. The predicted octanol–water partition coefficient (Wildman–Crippen LogP) is 3.85. The molecule has 1 atom stereocenters. The van der Waals surface area contributed by atoms with Gasteiger partial charge in [-0.3, -0.25) is 4.79 Å². The maximum absolute atomic E-state index is 12.2. The van der Waals surface area contributed by atoms with Gasteiger partial charge in [0.05, 0.1) is 0 Å². The lowest BCUT2D eigenvalue weighted by Gasteiger charge is -2.34. The van der Waals surface area contributed by atoms with Crippen molar-refractivity contribution in [2.75, 3.05) is 23.7 Å². The van der Waals surface area contributed by atoms with Gasteiger partial charge in [-0.05, 0) is 57.9 Å². The topological polar surface area (TPSA) is 70.7 Å². The molecule has 6 heteroatoms. The van der Waals surface area contributed by atoms with Gasteiger partial charge < -0.3 is 20.3 Å². The summed E-state index contributed by atoms with van der Waals surface area (Å²) in [4.78, 5) is 25.4. The van der Waals surface area contributed by atoms with Crippen molar-refractivity contribution in [2.45, 2.75) is 58.6 Å². The lowest BCUT2D eigenvalue weighted by molar-refractivity contribution is -0.115. The van der Waals surface area contributed by atoms with Crippen molar-refractivity contribution in [3.05, 3.63) is 24.3 Å². The van der Waals surface area contributed by atoms with Crippen molar-refractivity contribution >= 4 is 23.4 Å². The average Bonchev–Trinajstić information content (AvgIpc) is 2.55. The summed E-state index contributed by atoms with van der Waals surface area (Å²) in [6.07, 6.45) is 2.16. The standard InChI is InChI=1S/C19H29N3O3/c1-5-17(23)21-15-10-8-14(9-11-15)20-16-7-6-12-22(13-16)18(24)25-19(2,3)4/h8-11,16,20H,5-7,12-13H2,1-4H3,(H,21,23). The van der Waals surface area contributed by atoms with Gasteiger partial charge in [-0.25, -0.2) is 4.79 Å². The number of carbonyl (C=O) groups is 2. The summed E-state index contributed by atoms with van der Waals surface area (Å²) >= 11 is 0. The van der Waals surface area contributed by atoms with Gasteiger partial charge in [0.1, 0.15) is 5.60 Å². The van der Waals surface area contributed by atoms with Crippen LogP contribution in [0.4, 0.5) is 16.2 Å². The number of piperidine rings is 1. The normalized spacial score (nSPS) is 17.8. The van der Waals surface area contributed by atoms with Crippen LogP contribution >= 0.6 is 0 Å². The number of hydrogen-bond donors (Lipinski definition) is 2. The molecule has 2 N–H and O–H groups in total. The zero-order chi connectivity index (χ0) is 18.4. The van der Waals surface area contributed by atoms with E-state index in [1.807, 2.05) is 52.0 Å². The zero-order valence-corrected chi connectivity index (χ0v) is 15.6. The molecule has 6 nitrogen and oxygen atoms in total. The van der Waals surface area contributed by atoms with Gasteiger partial charge in [-0.15, -0.1) is 0 Å². The third-order valence-corrected chi connectivity index (χ3v) is 3.93. The lowest BCUT2D eigenvalue weighted by Crippen LogP contribution is -2.46. The predicted molar refractivity (Wildman–Crippen MR) is 99.8 cm³/mol. The Kier molecular flexibility index (Phi) is 6.28. The Labute approximate surface area is 149 Å². The van der Waals surface area contributed by atoms with E-state index < -0.39 is 5.60 Å². The molecule has 1 fully saturated rings. The minimum absolute atomic E-state index is 0.000919. The van der Waals surface area contributed by atoms with Gasteiger partial charge in [0, 0.05) is 36.9 Å². The van der Waals surface area contributed by atoms with Crippen LogP contribution in [0.15, 0.2) is 24.3 Å². The molecule has 0 spiro atoms. The van der Waals surface area contributed by atoms with E-state index in [1.54, 1.807) is 4.90 Å². The van der Waals surface area contributed by atoms with Gasteiger partial charge in [0.2, 0.25) is 5.91 Å². The van der Waals surface area contributed by atoms with E-state index in [-0.39, 0.29) is 18.0 Å². The van der Waals surface area contributed by atoms with E-state index in [0.29, 0.717) is 13.0 Å². The van der Waals surface area contributed by atoms with E-state index in [2.05, 4.69) is 10.6 Å². The second-order valence-electron chi connectivity index (χ2n) is 7.39. The molecule has 0 saturated carbocycles. The second kappa shape index (κ2) is 8.23. The molecule has 1 unspecified atom stereocenters. The summed E-state index contributed by atoms with van der Waals surface area (Å²) in [6.45, 7) is 8.82. The monoisotopic (exact) mass is 347 g/mol. The number of carbonyl (C=O) groups excluding carboxylic acids is 2. The first kappa shape index (κ1) is 19.1. The van der Waals surface area contributed by atoms with Crippen LogP contribution in [0.3, 0.4) is 0 Å². The number of likely N-dealkylation sites (tertiary alicyclic amines) is 1. The number of amides is 2. The van der Waals surface area contributed by atoms with Gasteiger partial charge in [-0.1, -0.05) is 6.92 Å². The molecule has 138 valence electrons. The molecule has 2 rings (SSSR count). The fourth-order valence-corrected chi connectivity index (χ4v) is 2.72. The highest BCUT2D eigenvalue weighted by Gasteiger charge is 2.27. The van der Waals surface area contributed by atoms with E-state index in [9.17, 15) is 9.59 Å². The van der Waals surface area contributed by atoms with E-state index in [4.69, 9.17) is 4.74 Å². The van der Waals surface area contributed by atoms with E-state index in [1.165, 1.54) is 0 Å². The van der Waals surface area contributed by atoms with Gasteiger partial charge >= 0.3 is 6.09 Å². The molecule has 25 heavy (non-hydrogen) atoms. The van der Waals surface area contributed by atoms with E-state index >= 15 is 0 Å². The molecular weight excluding hydrogens is 318 g/mol. The van der Waals surface area contributed by atoms with Crippen LogP contribution in [0, 0.1) is 0 Å². The summed E-state index contributed by atoms with van der Waals surface area (Å²) in [5.74, 6) is 0.000919. The number of ether oxygens (including phenoxy) is 1. The lowest BCUT2D eigenvalue weighted by atomic mass is 10.1. The van der Waals surface area contributed by atoms with Gasteiger partial charge in [-0.2, -0.15) is 0 Å². The molecule has 1 saturated heterocycles. The average molecular weight is 347 g/mol. The second-order valence-corrected chi connectivity index (χ2v) is 7.39. The molecule has 0 aromatic heterocycles. The third-order valence-electron chi connectivity index (χ3n) is 3.93. The Balaban J connectivity index is 1.89. The first-order valence-electron chi connectivity index (χ1n) is 8.91. The highest BCUT2D eigenvalue weighted by atomic mass is 16.6. The Morgan fingerprint density at radius 2 is 1.84 bits per heavy atom. The molecule has 1 aromatic rings. The molecule has 1 heterocycles. The number of hydrogen-bond acceptors (Lipinski definition) is 4. The number of nitrogens with one attached hydrogen (secondary N) is 2. The minimum atomic E-state index is -0.476. The van der Waals surface area contributed by atoms with Crippen molar-refractivity contribution in [2.24, 2.45) is 0 Å². The number of rotatable bonds is 4. The van der Waals surface area contributed by atoms with E-state index in [0.717, 1.165) is 30.8 Å². The maximum Gasteiger partial charge on any atom is 0.410 e. The van der Waals surface area contributed by atoms with Gasteiger partial charge in [0.25, 0.3) is 0 Å². The van der Waals surface area contributed by atoms with Crippen molar-refractivity contribution in [3.63, 3.8) is 0 Å². The summed E-state index contributed by atoms with van der Waals surface area (Å²) in [6, 6.07) is 7.83. The molecule has 2 amide bonds. The fraction of sp³-hybridized carbons (Fsp3) is 0.579. The smallest absolute Gasteiger partial charge is 0.410 e. The molecule has 1 aliphatic rings. The summed E-state index contributed by atoms with van der Waals surface area (Å²) in [7, 11) is 0. The van der Waals surface area contributed by atoms with Crippen molar-refractivity contribution < 1.29 is 14.3 Å². The SMILES string of the molecule is CCC(=O)Nc1ccc(NC2CCCN(C(=O)OC(C)(C)C)C2)cc1. The highest BCUT2D eigenvalue weighted by molar-refractivity contribution is 5.90. The Hall–Kier alpha value is -2.24. The van der Waals surface area contributed by atoms with Crippen molar-refractivity contribution in [1.82, 2.24) is 4.90 Å². The van der Waals surface area contributed by atoms with Crippen LogP contribution < -0.4 is 10.6 Å². The Morgan fingerprint density at radius 1 is 1.20 bits per heavy atom. The number of anilines is 2. The summed E-state index contributed by atoms with van der Waals surface area (Å²) < 4.78 is 5.46. The van der Waals surface area contributed by atoms with Crippen LogP contribution in [0.1, 0.15) is 47.0 Å². The zero-order valence-electron chi connectivity index (χ0n) is 15.6. The molecule has 1 aliphatic heterocycles. The molecule has 0 aliphatic carbocycles. The van der Waals surface area contributed by atoms with Crippen LogP contribution in [0.5, 0.6) is 0 Å².